The van der Waals surface area contributed by atoms with Crippen molar-refractivity contribution < 1.29 is 19.1 Å². The molecule has 1 saturated heterocycles. The standard InChI is InChI=1S/C29H26N2O5S2/c1-3-36-28(34)14-8-10-15(11-9-14)31-26(32)21-17-12-18(22(21)27(31)33)23-20(17)19(16-7-5-4-6-13(16)2)24-25(37-23)30-29(35)38-24/h4-11,17-23H,3,12H2,1-2H3,(H,30,35)/t17-,18+,19-,20+,21+,22+,23-/m1/s1. The Morgan fingerprint density at radius 3 is 2.45 bits per heavy atom. The molecule has 194 valence electrons. The number of thiazole rings is 1. The van der Waals surface area contributed by atoms with Gasteiger partial charge in [-0.1, -0.05) is 35.6 Å². The summed E-state index contributed by atoms with van der Waals surface area (Å²) in [4.78, 5) is 57.6. The van der Waals surface area contributed by atoms with Gasteiger partial charge in [-0.2, -0.15) is 0 Å². The highest BCUT2D eigenvalue weighted by Crippen LogP contribution is 2.68. The first-order valence-electron chi connectivity index (χ1n) is 13.0. The molecule has 7 atom stereocenters. The molecule has 0 unspecified atom stereocenters. The zero-order chi connectivity index (χ0) is 26.3. The van der Waals surface area contributed by atoms with Crippen LogP contribution in [0, 0.1) is 36.5 Å². The Balaban J connectivity index is 1.26. The van der Waals surface area contributed by atoms with E-state index in [1.165, 1.54) is 27.4 Å². The molecule has 7 nitrogen and oxygen atoms in total. The molecule has 38 heavy (non-hydrogen) atoms. The molecule has 2 aliphatic carbocycles. The minimum atomic E-state index is -0.429. The van der Waals surface area contributed by atoms with Crippen molar-refractivity contribution in [1.82, 2.24) is 4.98 Å². The summed E-state index contributed by atoms with van der Waals surface area (Å²) in [7, 11) is 0. The fourth-order valence-corrected chi connectivity index (χ4v) is 10.4. The van der Waals surface area contributed by atoms with Gasteiger partial charge >= 0.3 is 10.8 Å². The maximum Gasteiger partial charge on any atom is 0.338 e. The van der Waals surface area contributed by atoms with Gasteiger partial charge in [0.1, 0.15) is 0 Å². The Morgan fingerprint density at radius 1 is 1.03 bits per heavy atom. The molecule has 3 fully saturated rings. The van der Waals surface area contributed by atoms with Crippen LogP contribution in [-0.4, -0.2) is 34.6 Å². The third-order valence-electron chi connectivity index (χ3n) is 8.88. The Morgan fingerprint density at radius 2 is 1.74 bits per heavy atom. The summed E-state index contributed by atoms with van der Waals surface area (Å²) in [6, 6.07) is 14.8. The number of hydrogen-bond donors (Lipinski definition) is 1. The zero-order valence-corrected chi connectivity index (χ0v) is 22.5. The number of rotatable bonds is 4. The predicted octanol–water partition coefficient (Wildman–Crippen LogP) is 4.60. The lowest BCUT2D eigenvalue weighted by molar-refractivity contribution is -0.123. The number of hydrogen-bond acceptors (Lipinski definition) is 7. The summed E-state index contributed by atoms with van der Waals surface area (Å²) >= 11 is 2.97. The number of aromatic amines is 1. The highest BCUT2D eigenvalue weighted by Gasteiger charge is 2.69. The van der Waals surface area contributed by atoms with E-state index in [4.69, 9.17) is 4.74 Å². The van der Waals surface area contributed by atoms with Crippen LogP contribution in [0.25, 0.3) is 0 Å². The summed E-state index contributed by atoms with van der Waals surface area (Å²) < 4.78 is 5.06. The quantitative estimate of drug-likeness (QED) is 0.380. The van der Waals surface area contributed by atoms with Gasteiger partial charge in [-0.15, -0.1) is 11.8 Å². The molecule has 2 aliphatic heterocycles. The van der Waals surface area contributed by atoms with Crippen molar-refractivity contribution >= 4 is 46.6 Å². The number of amides is 2. The van der Waals surface area contributed by atoms with E-state index in [0.717, 1.165) is 16.3 Å². The van der Waals surface area contributed by atoms with E-state index in [1.54, 1.807) is 43.0 Å². The maximum absolute atomic E-state index is 13.9. The summed E-state index contributed by atoms with van der Waals surface area (Å²) in [5.41, 5.74) is 3.26. The number of nitrogens with one attached hydrogen (secondary N) is 1. The highest BCUT2D eigenvalue weighted by molar-refractivity contribution is 8.00. The Kier molecular flexibility index (Phi) is 5.46. The second kappa shape index (κ2) is 8.68. The molecule has 1 N–H and O–H groups in total. The van der Waals surface area contributed by atoms with E-state index < -0.39 is 5.97 Å². The third-order valence-corrected chi connectivity index (χ3v) is 11.5. The lowest BCUT2D eigenvalue weighted by atomic mass is 9.67. The first-order chi connectivity index (χ1) is 18.4. The molecule has 2 bridgehead atoms. The van der Waals surface area contributed by atoms with Crippen LogP contribution in [0.4, 0.5) is 5.69 Å². The molecule has 1 aromatic heterocycles. The van der Waals surface area contributed by atoms with E-state index in [1.807, 2.05) is 12.1 Å². The van der Waals surface area contributed by atoms with Crippen molar-refractivity contribution in [3.63, 3.8) is 0 Å². The fourth-order valence-electron chi connectivity index (χ4n) is 7.52. The normalized spacial score (nSPS) is 30.8. The van der Waals surface area contributed by atoms with Gasteiger partial charge in [0.2, 0.25) is 11.8 Å². The van der Waals surface area contributed by atoms with Gasteiger partial charge in [0.15, 0.2) is 0 Å². The van der Waals surface area contributed by atoms with E-state index in [2.05, 4.69) is 24.0 Å². The Hall–Kier alpha value is -3.17. The lowest BCUT2D eigenvalue weighted by Crippen LogP contribution is -2.42. The minimum Gasteiger partial charge on any atom is -0.462 e. The number of nitrogens with zero attached hydrogens (tertiary/aromatic N) is 1. The van der Waals surface area contributed by atoms with Gasteiger partial charge in [-0.05, 0) is 73.4 Å². The third kappa shape index (κ3) is 3.27. The number of ether oxygens (including phenoxy) is 1. The molecule has 2 saturated carbocycles. The molecule has 4 aliphatic rings. The van der Waals surface area contributed by atoms with Crippen LogP contribution in [0.3, 0.4) is 0 Å². The van der Waals surface area contributed by atoms with Crippen LogP contribution < -0.4 is 9.77 Å². The van der Waals surface area contributed by atoms with Crippen LogP contribution in [0.5, 0.6) is 0 Å². The predicted molar refractivity (Wildman–Crippen MR) is 145 cm³/mol. The van der Waals surface area contributed by atoms with Gasteiger partial charge in [0, 0.05) is 16.0 Å². The number of anilines is 1. The molecule has 9 heteroatoms. The Labute approximate surface area is 227 Å². The van der Waals surface area contributed by atoms with Crippen LogP contribution in [0.2, 0.25) is 0 Å². The van der Waals surface area contributed by atoms with Crippen molar-refractivity contribution in [1.29, 1.82) is 0 Å². The summed E-state index contributed by atoms with van der Waals surface area (Å²) in [5, 5.41) is 1.08. The van der Waals surface area contributed by atoms with Crippen LogP contribution in [0.1, 0.15) is 45.6 Å². The van der Waals surface area contributed by atoms with Crippen molar-refractivity contribution in [3.8, 4) is 0 Å². The SMILES string of the molecule is CCOC(=O)c1ccc(N2C(=O)[C@H]3[C@@H]4C[C@@H]([C@@H]3C2=O)[C@H]2[C@@H](c3ccccc3C)c3sc(=O)[nH]c3S[C@H]42)cc1. The second-order valence-electron chi connectivity index (χ2n) is 10.6. The Bertz CT molecular complexity index is 1540. The maximum atomic E-state index is 13.9. The number of imide groups is 1. The van der Waals surface area contributed by atoms with Gasteiger partial charge < -0.3 is 9.72 Å². The first-order valence-corrected chi connectivity index (χ1v) is 14.7. The molecule has 2 aromatic carbocycles. The average Bonchev–Trinajstić information content (AvgIpc) is 3.64. The van der Waals surface area contributed by atoms with Crippen molar-refractivity contribution in [2.24, 2.45) is 29.6 Å². The smallest absolute Gasteiger partial charge is 0.338 e. The van der Waals surface area contributed by atoms with Crippen LogP contribution >= 0.6 is 23.1 Å². The van der Waals surface area contributed by atoms with Gasteiger partial charge in [-0.3, -0.25) is 19.3 Å². The summed E-state index contributed by atoms with van der Waals surface area (Å²) in [6.45, 7) is 4.13. The number of carbonyl (C=O) groups is 3. The molecule has 3 heterocycles. The van der Waals surface area contributed by atoms with Crippen molar-refractivity contribution in [3.05, 3.63) is 79.8 Å². The highest BCUT2D eigenvalue weighted by atomic mass is 32.2. The second-order valence-corrected chi connectivity index (χ2v) is 12.8. The molecule has 0 radical (unpaired) electrons. The van der Waals surface area contributed by atoms with Crippen molar-refractivity contribution in [2.45, 2.75) is 36.5 Å². The molecular weight excluding hydrogens is 520 g/mol. The number of benzene rings is 2. The number of carbonyl (C=O) groups excluding carboxylic acids is 3. The van der Waals surface area contributed by atoms with E-state index in [-0.39, 0.29) is 64.1 Å². The van der Waals surface area contributed by atoms with E-state index in [9.17, 15) is 19.2 Å². The summed E-state index contributed by atoms with van der Waals surface area (Å²) in [6.07, 6.45) is 0.854. The number of esters is 1. The van der Waals surface area contributed by atoms with Crippen LogP contribution in [0.15, 0.2) is 58.4 Å². The molecule has 7 rings (SSSR count). The lowest BCUT2D eigenvalue weighted by Gasteiger charge is -2.43. The number of aryl methyl sites for hydroxylation is 1. The van der Waals surface area contributed by atoms with Crippen LogP contribution in [-0.2, 0) is 14.3 Å². The van der Waals surface area contributed by atoms with Gasteiger partial charge in [0.25, 0.3) is 0 Å². The first kappa shape index (κ1) is 23.9. The van der Waals surface area contributed by atoms with Crippen molar-refractivity contribution in [2.75, 3.05) is 11.5 Å². The monoisotopic (exact) mass is 546 g/mol. The molecular formula is C29H26N2O5S2. The number of aromatic nitrogens is 1. The molecule has 0 spiro atoms. The van der Waals surface area contributed by atoms with E-state index in [0.29, 0.717) is 11.3 Å². The number of fused-ring (bicyclic) bond motifs is 9. The minimum absolute atomic E-state index is 0.0261. The zero-order valence-electron chi connectivity index (χ0n) is 20.9. The van der Waals surface area contributed by atoms with Gasteiger partial charge in [-0.25, -0.2) is 4.79 Å². The van der Waals surface area contributed by atoms with Gasteiger partial charge in [0.05, 0.1) is 34.7 Å². The molecule has 3 aromatic rings. The summed E-state index contributed by atoms with van der Waals surface area (Å²) in [5.74, 6) is -1.09. The fraction of sp³-hybridized carbons (Fsp3) is 0.379. The number of H-pyrrole nitrogens is 1. The average molecular weight is 547 g/mol. The molecule has 2 amide bonds. The van der Waals surface area contributed by atoms with E-state index >= 15 is 0 Å². The topological polar surface area (TPSA) is 96.5 Å². The largest absolute Gasteiger partial charge is 0.462 e. The number of thioether (sulfide) groups is 1.